The Kier molecular flexibility index (Phi) is 4.15. The average Bonchev–Trinajstić information content (AvgIpc) is 3.03. The summed E-state index contributed by atoms with van der Waals surface area (Å²) < 4.78 is 0.942. The van der Waals surface area contributed by atoms with E-state index in [-0.39, 0.29) is 5.91 Å². The molecule has 1 aromatic heterocycles. The summed E-state index contributed by atoms with van der Waals surface area (Å²) in [6.07, 6.45) is 5.67. The maximum Gasteiger partial charge on any atom is 0.255 e. The lowest BCUT2D eigenvalue weighted by Crippen LogP contribution is -2.20. The fraction of sp³-hybridized carbons (Fsp3) is 0.267. The van der Waals surface area contributed by atoms with Gasteiger partial charge < -0.3 is 10.2 Å². The second-order valence-corrected chi connectivity index (χ2v) is 5.84. The van der Waals surface area contributed by atoms with Crippen LogP contribution in [0.4, 0.5) is 11.6 Å². The fourth-order valence-electron chi connectivity index (χ4n) is 2.27. The number of aromatic nitrogens is 2. The molecular weight excluding hydrogens is 332 g/mol. The number of rotatable bonds is 3. The van der Waals surface area contributed by atoms with E-state index >= 15 is 0 Å². The zero-order chi connectivity index (χ0) is 14.7. The van der Waals surface area contributed by atoms with Crippen LogP contribution in [-0.4, -0.2) is 29.0 Å². The number of carbonyl (C=O) groups excluding carboxylic acids is 1. The maximum atomic E-state index is 12.1. The number of anilines is 2. The third-order valence-electron chi connectivity index (χ3n) is 3.39. The van der Waals surface area contributed by atoms with Gasteiger partial charge in [0.05, 0.1) is 18.1 Å². The minimum absolute atomic E-state index is 0.167. The molecule has 0 atom stereocenters. The summed E-state index contributed by atoms with van der Waals surface area (Å²) in [6, 6.07) is 7.20. The van der Waals surface area contributed by atoms with Crippen molar-refractivity contribution in [2.24, 2.45) is 0 Å². The summed E-state index contributed by atoms with van der Waals surface area (Å²) in [4.78, 5) is 22.9. The van der Waals surface area contributed by atoms with Crippen molar-refractivity contribution in [2.75, 3.05) is 23.3 Å². The summed E-state index contributed by atoms with van der Waals surface area (Å²) in [5, 5.41) is 2.80. The Bertz CT molecular complexity index is 621. The van der Waals surface area contributed by atoms with Gasteiger partial charge in [0.15, 0.2) is 0 Å². The monoisotopic (exact) mass is 346 g/mol. The number of nitrogens with zero attached hydrogens (tertiary/aromatic N) is 3. The molecule has 0 saturated carbocycles. The first-order valence-electron chi connectivity index (χ1n) is 6.86. The maximum absolute atomic E-state index is 12.1. The molecule has 1 fully saturated rings. The van der Waals surface area contributed by atoms with Crippen LogP contribution in [0.3, 0.4) is 0 Å². The average molecular weight is 347 g/mol. The lowest BCUT2D eigenvalue weighted by atomic mass is 10.2. The molecule has 1 aliphatic heterocycles. The Labute approximate surface area is 131 Å². The van der Waals surface area contributed by atoms with Gasteiger partial charge in [0.25, 0.3) is 5.91 Å². The van der Waals surface area contributed by atoms with Crippen molar-refractivity contribution in [3.8, 4) is 0 Å². The molecule has 1 N–H and O–H groups in total. The van der Waals surface area contributed by atoms with E-state index in [2.05, 4.69) is 36.1 Å². The van der Waals surface area contributed by atoms with Gasteiger partial charge in [-0.15, -0.1) is 0 Å². The van der Waals surface area contributed by atoms with Crippen LogP contribution in [0.15, 0.2) is 41.1 Å². The fourth-order valence-corrected chi connectivity index (χ4v) is 2.54. The van der Waals surface area contributed by atoms with E-state index in [4.69, 9.17) is 0 Å². The van der Waals surface area contributed by atoms with Gasteiger partial charge in [0, 0.05) is 23.1 Å². The Hall–Kier alpha value is -1.95. The Morgan fingerprint density at radius 3 is 2.33 bits per heavy atom. The van der Waals surface area contributed by atoms with Crippen LogP contribution in [0.25, 0.3) is 0 Å². The van der Waals surface area contributed by atoms with Gasteiger partial charge in [-0.2, -0.15) is 0 Å². The van der Waals surface area contributed by atoms with Crippen molar-refractivity contribution in [1.29, 1.82) is 0 Å². The first-order chi connectivity index (χ1) is 10.2. The number of hydrogen-bond acceptors (Lipinski definition) is 4. The van der Waals surface area contributed by atoms with Gasteiger partial charge in [-0.1, -0.05) is 15.9 Å². The van der Waals surface area contributed by atoms with E-state index in [1.54, 1.807) is 24.5 Å². The summed E-state index contributed by atoms with van der Waals surface area (Å²) in [6.45, 7) is 2.01. The lowest BCUT2D eigenvalue weighted by Gasteiger charge is -2.14. The number of carbonyl (C=O) groups is 1. The minimum atomic E-state index is -0.167. The summed E-state index contributed by atoms with van der Waals surface area (Å²) in [5.41, 5.74) is 1.20. The number of benzene rings is 1. The molecule has 2 heterocycles. The van der Waals surface area contributed by atoms with Crippen molar-refractivity contribution >= 4 is 33.5 Å². The lowest BCUT2D eigenvalue weighted by molar-refractivity contribution is 0.102. The van der Waals surface area contributed by atoms with Crippen LogP contribution in [0.2, 0.25) is 0 Å². The van der Waals surface area contributed by atoms with E-state index in [9.17, 15) is 4.79 Å². The molecule has 5 nitrogen and oxygen atoms in total. The third kappa shape index (κ3) is 3.39. The van der Waals surface area contributed by atoms with Crippen LogP contribution in [-0.2, 0) is 0 Å². The van der Waals surface area contributed by atoms with Crippen molar-refractivity contribution in [3.05, 3.63) is 46.7 Å². The number of nitrogens with one attached hydrogen (secondary N) is 1. The van der Waals surface area contributed by atoms with E-state index in [1.807, 2.05) is 12.1 Å². The Morgan fingerprint density at radius 1 is 1.10 bits per heavy atom. The Morgan fingerprint density at radius 2 is 1.71 bits per heavy atom. The molecule has 0 radical (unpaired) electrons. The highest BCUT2D eigenvalue weighted by Gasteiger charge is 2.14. The van der Waals surface area contributed by atoms with Crippen molar-refractivity contribution in [2.45, 2.75) is 12.8 Å². The molecule has 1 aliphatic rings. The third-order valence-corrected chi connectivity index (χ3v) is 3.92. The molecule has 1 saturated heterocycles. The predicted molar refractivity (Wildman–Crippen MR) is 85.6 cm³/mol. The van der Waals surface area contributed by atoms with Crippen molar-refractivity contribution < 1.29 is 4.79 Å². The molecule has 1 aromatic carbocycles. The normalized spacial score (nSPS) is 14.2. The largest absolute Gasteiger partial charge is 0.341 e. The quantitative estimate of drug-likeness (QED) is 0.927. The molecule has 3 rings (SSSR count). The van der Waals surface area contributed by atoms with Gasteiger partial charge in [0.1, 0.15) is 0 Å². The number of halogens is 1. The summed E-state index contributed by atoms with van der Waals surface area (Å²) >= 11 is 3.35. The molecular formula is C15H15BrN4O. The van der Waals surface area contributed by atoms with Crippen molar-refractivity contribution in [3.63, 3.8) is 0 Å². The van der Waals surface area contributed by atoms with E-state index in [0.29, 0.717) is 11.3 Å². The van der Waals surface area contributed by atoms with Crippen molar-refractivity contribution in [1.82, 2.24) is 9.97 Å². The van der Waals surface area contributed by atoms with Gasteiger partial charge in [-0.25, -0.2) is 9.97 Å². The van der Waals surface area contributed by atoms with Gasteiger partial charge >= 0.3 is 0 Å². The van der Waals surface area contributed by atoms with Crippen LogP contribution in [0.1, 0.15) is 23.2 Å². The van der Waals surface area contributed by atoms with Gasteiger partial charge in [-0.3, -0.25) is 4.79 Å². The highest BCUT2D eigenvalue weighted by Crippen LogP contribution is 2.17. The second kappa shape index (κ2) is 6.22. The van der Waals surface area contributed by atoms with Crippen LogP contribution >= 0.6 is 15.9 Å². The zero-order valence-corrected chi connectivity index (χ0v) is 13.0. The van der Waals surface area contributed by atoms with Crippen LogP contribution < -0.4 is 10.2 Å². The minimum Gasteiger partial charge on any atom is -0.341 e. The van der Waals surface area contributed by atoms with Gasteiger partial charge in [-0.05, 0) is 37.1 Å². The first-order valence-corrected chi connectivity index (χ1v) is 7.65. The van der Waals surface area contributed by atoms with E-state index in [1.165, 1.54) is 12.8 Å². The SMILES string of the molecule is O=C(Nc1cnc(N2CCCC2)nc1)c1ccc(Br)cc1. The Balaban J connectivity index is 1.67. The molecule has 21 heavy (non-hydrogen) atoms. The summed E-state index contributed by atoms with van der Waals surface area (Å²) in [7, 11) is 0. The van der Waals surface area contributed by atoms with Gasteiger partial charge in [0.2, 0.25) is 5.95 Å². The second-order valence-electron chi connectivity index (χ2n) is 4.93. The topological polar surface area (TPSA) is 58.1 Å². The highest BCUT2D eigenvalue weighted by molar-refractivity contribution is 9.10. The zero-order valence-electron chi connectivity index (χ0n) is 11.4. The molecule has 0 unspecified atom stereocenters. The van der Waals surface area contributed by atoms with E-state index < -0.39 is 0 Å². The molecule has 6 heteroatoms. The molecule has 0 spiro atoms. The van der Waals surface area contributed by atoms with Crippen LogP contribution in [0.5, 0.6) is 0 Å². The predicted octanol–water partition coefficient (Wildman–Crippen LogP) is 3.09. The smallest absolute Gasteiger partial charge is 0.255 e. The highest BCUT2D eigenvalue weighted by atomic mass is 79.9. The standard InChI is InChI=1S/C15H15BrN4O/c16-12-5-3-11(4-6-12)14(21)19-13-9-17-15(18-10-13)20-7-1-2-8-20/h3-6,9-10H,1-2,7-8H2,(H,19,21). The first kappa shape index (κ1) is 14.0. The molecule has 0 bridgehead atoms. The molecule has 2 aromatic rings. The summed E-state index contributed by atoms with van der Waals surface area (Å²) in [5.74, 6) is 0.564. The molecule has 0 aliphatic carbocycles. The number of amides is 1. The molecule has 1 amide bonds. The molecule has 108 valence electrons. The van der Waals surface area contributed by atoms with E-state index in [0.717, 1.165) is 23.5 Å². The number of hydrogen-bond donors (Lipinski definition) is 1. The van der Waals surface area contributed by atoms with Crippen LogP contribution in [0, 0.1) is 0 Å².